The fourth-order valence-electron chi connectivity index (χ4n) is 2.61. The van der Waals surface area contributed by atoms with Crippen molar-refractivity contribution in [2.24, 2.45) is 0 Å². The minimum atomic E-state index is 0.00162. The third kappa shape index (κ3) is 3.56. The lowest BCUT2D eigenvalue weighted by Crippen LogP contribution is -2.53. The summed E-state index contributed by atoms with van der Waals surface area (Å²) in [5.74, 6) is 0. The average molecular weight is 311 g/mol. The summed E-state index contributed by atoms with van der Waals surface area (Å²) in [5, 5.41) is 4.68. The van der Waals surface area contributed by atoms with Gasteiger partial charge in [-0.25, -0.2) is 4.98 Å². The molecular formula is C15H25N3O2S. The first-order valence-corrected chi connectivity index (χ1v) is 8.48. The van der Waals surface area contributed by atoms with E-state index in [2.05, 4.69) is 24.1 Å². The van der Waals surface area contributed by atoms with Gasteiger partial charge in [0.1, 0.15) is 0 Å². The second-order valence-electron chi connectivity index (χ2n) is 6.47. The fourth-order valence-corrected chi connectivity index (χ4v) is 3.81. The van der Waals surface area contributed by atoms with Crippen molar-refractivity contribution in [2.45, 2.75) is 51.4 Å². The normalized spacial score (nSPS) is 21.8. The number of rotatable bonds is 6. The van der Waals surface area contributed by atoms with Gasteiger partial charge >= 0.3 is 0 Å². The van der Waals surface area contributed by atoms with E-state index in [0.717, 1.165) is 37.1 Å². The van der Waals surface area contributed by atoms with Gasteiger partial charge in [0.25, 0.3) is 0 Å². The predicted octanol–water partition coefficient (Wildman–Crippen LogP) is 2.16. The van der Waals surface area contributed by atoms with Gasteiger partial charge in [-0.05, 0) is 26.7 Å². The molecule has 1 saturated carbocycles. The molecule has 1 aliphatic heterocycles. The molecule has 0 spiro atoms. The van der Waals surface area contributed by atoms with E-state index < -0.39 is 0 Å². The largest absolute Gasteiger partial charge is 0.378 e. The van der Waals surface area contributed by atoms with E-state index in [-0.39, 0.29) is 5.54 Å². The van der Waals surface area contributed by atoms with Gasteiger partial charge in [0.05, 0.1) is 31.1 Å². The molecule has 3 rings (SSSR count). The molecule has 1 N–H and O–H groups in total. The summed E-state index contributed by atoms with van der Waals surface area (Å²) >= 11 is 1.79. The van der Waals surface area contributed by atoms with Crippen LogP contribution < -0.4 is 10.2 Å². The first-order chi connectivity index (χ1) is 10.1. The summed E-state index contributed by atoms with van der Waals surface area (Å²) in [6.45, 7) is 8.36. The highest BCUT2D eigenvalue weighted by molar-refractivity contribution is 7.15. The maximum absolute atomic E-state index is 5.61. The number of methoxy groups -OCH3 is 1. The maximum atomic E-state index is 5.61. The molecule has 0 bridgehead atoms. The highest BCUT2D eigenvalue weighted by atomic mass is 32.1. The fraction of sp³-hybridized carbons (Fsp3) is 0.800. The monoisotopic (exact) mass is 311 g/mol. The average Bonchev–Trinajstić information content (AvgIpc) is 3.18. The van der Waals surface area contributed by atoms with Gasteiger partial charge < -0.3 is 19.7 Å². The molecule has 0 atom stereocenters. The summed E-state index contributed by atoms with van der Waals surface area (Å²) in [5.41, 5.74) is 1.08. The molecule has 1 aromatic heterocycles. The summed E-state index contributed by atoms with van der Waals surface area (Å²) in [7, 11) is 1.73. The van der Waals surface area contributed by atoms with E-state index in [1.165, 1.54) is 17.7 Å². The van der Waals surface area contributed by atoms with Crippen LogP contribution in [0, 0.1) is 0 Å². The van der Waals surface area contributed by atoms with E-state index in [0.29, 0.717) is 12.6 Å². The molecule has 6 heteroatoms. The van der Waals surface area contributed by atoms with Crippen LogP contribution >= 0.6 is 11.3 Å². The van der Waals surface area contributed by atoms with Crippen molar-refractivity contribution >= 4 is 16.5 Å². The summed E-state index contributed by atoms with van der Waals surface area (Å²) in [4.78, 5) is 8.52. The summed E-state index contributed by atoms with van der Waals surface area (Å²) < 4.78 is 10.9. The number of aromatic nitrogens is 1. The Balaban J connectivity index is 1.78. The first kappa shape index (κ1) is 15.2. The number of thiazole rings is 1. The molecule has 118 valence electrons. The zero-order valence-corrected chi connectivity index (χ0v) is 14.0. The third-order valence-corrected chi connectivity index (χ3v) is 5.17. The van der Waals surface area contributed by atoms with Gasteiger partial charge in [-0.15, -0.1) is 11.3 Å². The number of nitrogens with one attached hydrogen (secondary N) is 1. The van der Waals surface area contributed by atoms with Gasteiger partial charge in [-0.2, -0.15) is 0 Å². The zero-order valence-electron chi connectivity index (χ0n) is 13.1. The van der Waals surface area contributed by atoms with E-state index >= 15 is 0 Å². The van der Waals surface area contributed by atoms with Crippen molar-refractivity contribution in [3.8, 4) is 0 Å². The van der Waals surface area contributed by atoms with Crippen molar-refractivity contribution in [3.63, 3.8) is 0 Å². The molecule has 0 radical (unpaired) electrons. The SMILES string of the molecule is COCc1nc(N2CCOCC2(C)C)sc1CNC1CC1. The van der Waals surface area contributed by atoms with Crippen LogP contribution in [0.25, 0.3) is 0 Å². The number of nitrogens with zero attached hydrogens (tertiary/aromatic N) is 2. The summed E-state index contributed by atoms with van der Waals surface area (Å²) in [6.07, 6.45) is 2.61. The molecule has 0 amide bonds. The molecule has 2 fully saturated rings. The van der Waals surface area contributed by atoms with Crippen LogP contribution in [0.5, 0.6) is 0 Å². The van der Waals surface area contributed by atoms with Crippen LogP contribution in [0.3, 0.4) is 0 Å². The van der Waals surface area contributed by atoms with Crippen LogP contribution in [-0.4, -0.2) is 43.4 Å². The van der Waals surface area contributed by atoms with Crippen LogP contribution in [0.2, 0.25) is 0 Å². The number of hydrogen-bond donors (Lipinski definition) is 1. The van der Waals surface area contributed by atoms with Gasteiger partial charge in [0, 0.05) is 31.1 Å². The first-order valence-electron chi connectivity index (χ1n) is 7.66. The Hall–Kier alpha value is -0.690. The smallest absolute Gasteiger partial charge is 0.186 e. The lowest BCUT2D eigenvalue weighted by Gasteiger charge is -2.42. The molecular weight excluding hydrogens is 286 g/mol. The van der Waals surface area contributed by atoms with Crippen molar-refractivity contribution < 1.29 is 9.47 Å². The topological polar surface area (TPSA) is 46.6 Å². The molecule has 21 heavy (non-hydrogen) atoms. The van der Waals surface area contributed by atoms with E-state index in [1.54, 1.807) is 18.4 Å². The highest BCUT2D eigenvalue weighted by Gasteiger charge is 2.33. The second-order valence-corrected chi connectivity index (χ2v) is 7.53. The van der Waals surface area contributed by atoms with Crippen LogP contribution in [0.15, 0.2) is 0 Å². The lowest BCUT2D eigenvalue weighted by molar-refractivity contribution is 0.0643. The minimum Gasteiger partial charge on any atom is -0.378 e. The Morgan fingerprint density at radius 2 is 2.29 bits per heavy atom. The van der Waals surface area contributed by atoms with Crippen molar-refractivity contribution in [1.82, 2.24) is 10.3 Å². The Morgan fingerprint density at radius 1 is 1.48 bits per heavy atom. The Morgan fingerprint density at radius 3 is 2.95 bits per heavy atom. The van der Waals surface area contributed by atoms with Gasteiger partial charge in [0.15, 0.2) is 5.13 Å². The Labute approximate surface area is 130 Å². The number of morpholine rings is 1. The van der Waals surface area contributed by atoms with E-state index in [1.807, 2.05) is 0 Å². The van der Waals surface area contributed by atoms with Gasteiger partial charge in [-0.3, -0.25) is 0 Å². The number of ether oxygens (including phenoxy) is 2. The Kier molecular flexibility index (Phi) is 4.49. The highest BCUT2D eigenvalue weighted by Crippen LogP contribution is 2.33. The van der Waals surface area contributed by atoms with Crippen molar-refractivity contribution in [2.75, 3.05) is 31.8 Å². The number of hydrogen-bond acceptors (Lipinski definition) is 6. The second kappa shape index (κ2) is 6.20. The molecule has 5 nitrogen and oxygen atoms in total. The molecule has 2 aliphatic rings. The van der Waals surface area contributed by atoms with Crippen LogP contribution in [0.4, 0.5) is 5.13 Å². The third-order valence-electron chi connectivity index (χ3n) is 4.05. The summed E-state index contributed by atoms with van der Waals surface area (Å²) in [6, 6.07) is 0.714. The number of anilines is 1. The van der Waals surface area contributed by atoms with E-state index in [9.17, 15) is 0 Å². The van der Waals surface area contributed by atoms with Gasteiger partial charge in [0.2, 0.25) is 0 Å². The predicted molar refractivity (Wildman–Crippen MR) is 84.9 cm³/mol. The molecule has 1 aromatic rings. The quantitative estimate of drug-likeness (QED) is 0.872. The molecule has 1 aliphatic carbocycles. The van der Waals surface area contributed by atoms with Crippen molar-refractivity contribution in [3.05, 3.63) is 10.6 Å². The van der Waals surface area contributed by atoms with Crippen LogP contribution in [-0.2, 0) is 22.6 Å². The molecule has 1 saturated heterocycles. The maximum Gasteiger partial charge on any atom is 0.186 e. The van der Waals surface area contributed by atoms with Gasteiger partial charge in [-0.1, -0.05) is 0 Å². The van der Waals surface area contributed by atoms with Crippen LogP contribution in [0.1, 0.15) is 37.3 Å². The molecule has 0 unspecified atom stereocenters. The van der Waals surface area contributed by atoms with Crippen molar-refractivity contribution in [1.29, 1.82) is 0 Å². The molecule has 2 heterocycles. The Bertz CT molecular complexity index is 485. The zero-order chi connectivity index (χ0) is 14.9. The molecule has 0 aromatic carbocycles. The lowest BCUT2D eigenvalue weighted by atomic mass is 10.0. The minimum absolute atomic E-state index is 0.00162. The standard InChI is InChI=1S/C15H25N3O2S/c1-15(2)10-20-7-6-18(15)14-17-12(9-19-3)13(21-14)8-16-11-4-5-11/h11,16H,4-10H2,1-3H3. The van der Waals surface area contributed by atoms with E-state index in [4.69, 9.17) is 14.5 Å².